The first-order chi connectivity index (χ1) is 15.0. The highest BCUT2D eigenvalue weighted by molar-refractivity contribution is 7.89. The molecule has 1 heterocycles. The van der Waals surface area contributed by atoms with E-state index in [0.29, 0.717) is 31.7 Å². The molecule has 2 aromatic carbocycles. The lowest BCUT2D eigenvalue weighted by atomic mass is 10.2. The number of hydrogen-bond acceptors (Lipinski definition) is 6. The van der Waals surface area contributed by atoms with Crippen molar-refractivity contribution in [1.29, 1.82) is 0 Å². The molecule has 0 saturated carbocycles. The lowest BCUT2D eigenvalue weighted by Gasteiger charge is -2.27. The number of amides is 1. The number of hydrogen-bond donors (Lipinski definition) is 2. The van der Waals surface area contributed by atoms with Gasteiger partial charge in [0.15, 0.2) is 0 Å². The molecule has 174 valence electrons. The fraction of sp³-hybridized carbons (Fsp3) is 0.381. The number of benzene rings is 2. The molecule has 1 aliphatic rings. The van der Waals surface area contributed by atoms with Crippen molar-refractivity contribution in [3.05, 3.63) is 54.1 Å². The van der Waals surface area contributed by atoms with Crippen molar-refractivity contribution in [3.8, 4) is 0 Å². The highest BCUT2D eigenvalue weighted by Gasteiger charge is 2.30. The van der Waals surface area contributed by atoms with Gasteiger partial charge in [0.1, 0.15) is 0 Å². The zero-order valence-corrected chi connectivity index (χ0v) is 19.7. The highest BCUT2D eigenvalue weighted by atomic mass is 32.2. The Kier molecular flexibility index (Phi) is 7.36. The Balaban J connectivity index is 1.63. The first-order valence-corrected chi connectivity index (χ1v) is 13.2. The Hall–Kier alpha value is -2.31. The van der Waals surface area contributed by atoms with Crippen LogP contribution in [0.2, 0.25) is 0 Å². The molecule has 0 unspecified atom stereocenters. The van der Waals surface area contributed by atoms with Crippen LogP contribution in [-0.4, -0.2) is 64.2 Å². The number of aryl methyl sites for hydroxylation is 1. The fourth-order valence-electron chi connectivity index (χ4n) is 3.54. The molecule has 1 saturated heterocycles. The molecule has 1 fully saturated rings. The summed E-state index contributed by atoms with van der Waals surface area (Å²) in [5.41, 5.74) is 1.44. The van der Waals surface area contributed by atoms with Gasteiger partial charge in [-0.15, -0.1) is 0 Å². The van der Waals surface area contributed by atoms with Gasteiger partial charge in [0.2, 0.25) is 26.0 Å². The van der Waals surface area contributed by atoms with Crippen LogP contribution in [0.15, 0.2) is 58.3 Å². The molecule has 0 spiro atoms. The number of carbonyl (C=O) groups excluding carboxylic acids is 1. The molecule has 2 aromatic rings. The lowest BCUT2D eigenvalue weighted by Crippen LogP contribution is -2.44. The lowest BCUT2D eigenvalue weighted by molar-refractivity contribution is -0.120. The van der Waals surface area contributed by atoms with Crippen LogP contribution >= 0.6 is 0 Å². The molecule has 3 rings (SSSR count). The van der Waals surface area contributed by atoms with Crippen LogP contribution in [0, 0.1) is 6.92 Å². The fourth-order valence-corrected chi connectivity index (χ4v) is 5.53. The molecule has 1 amide bonds. The molecule has 1 aliphatic heterocycles. The van der Waals surface area contributed by atoms with E-state index in [9.17, 15) is 21.6 Å². The van der Waals surface area contributed by atoms with Crippen molar-refractivity contribution < 1.29 is 21.6 Å². The van der Waals surface area contributed by atoms with E-state index in [0.717, 1.165) is 5.56 Å². The quantitative estimate of drug-likeness (QED) is 0.642. The number of nitrogens with one attached hydrogen (secondary N) is 1. The Bertz CT molecular complexity index is 1160. The van der Waals surface area contributed by atoms with Crippen LogP contribution in [0.3, 0.4) is 0 Å². The highest BCUT2D eigenvalue weighted by Crippen LogP contribution is 2.20. The van der Waals surface area contributed by atoms with Crippen molar-refractivity contribution in [2.24, 2.45) is 5.14 Å². The standard InChI is InChI=1S/C21H28N4O5S2/c1-16-4-8-20(9-5-16)32(29,30)25-13-3-12-24(14-15-25)17(2)21(26)23-18-6-10-19(11-7-18)31(22,27)28/h4-11,17H,3,12-15H2,1-2H3,(H,23,26)(H2,22,27,28)/t17-/m0/s1. The molecule has 0 bridgehead atoms. The molecule has 0 aromatic heterocycles. The van der Waals surface area contributed by atoms with E-state index < -0.39 is 26.1 Å². The van der Waals surface area contributed by atoms with Crippen LogP contribution in [0.4, 0.5) is 5.69 Å². The molecule has 9 nitrogen and oxygen atoms in total. The second kappa shape index (κ2) is 9.67. The molecule has 0 radical (unpaired) electrons. The average Bonchev–Trinajstić information content (AvgIpc) is 3.00. The van der Waals surface area contributed by atoms with Gasteiger partial charge < -0.3 is 5.32 Å². The minimum Gasteiger partial charge on any atom is -0.325 e. The summed E-state index contributed by atoms with van der Waals surface area (Å²) in [6.07, 6.45) is 0.603. The third-order valence-electron chi connectivity index (χ3n) is 5.53. The number of nitrogens with zero attached hydrogens (tertiary/aromatic N) is 2. The minimum atomic E-state index is -3.80. The van der Waals surface area contributed by atoms with Gasteiger partial charge in [-0.2, -0.15) is 4.31 Å². The first kappa shape index (κ1) is 24.3. The largest absolute Gasteiger partial charge is 0.325 e. The molecule has 11 heteroatoms. The Morgan fingerprint density at radius 3 is 2.09 bits per heavy atom. The van der Waals surface area contributed by atoms with E-state index in [-0.39, 0.29) is 22.2 Å². The molecule has 1 atom stereocenters. The third kappa shape index (κ3) is 5.73. The van der Waals surface area contributed by atoms with Crippen LogP contribution < -0.4 is 10.5 Å². The molecule has 32 heavy (non-hydrogen) atoms. The molecular weight excluding hydrogens is 452 g/mol. The van der Waals surface area contributed by atoms with E-state index in [1.165, 1.54) is 28.6 Å². The van der Waals surface area contributed by atoms with Gasteiger partial charge in [-0.25, -0.2) is 22.0 Å². The number of primary sulfonamides is 1. The summed E-state index contributed by atoms with van der Waals surface area (Å²) < 4.78 is 50.1. The van der Waals surface area contributed by atoms with Crippen molar-refractivity contribution >= 4 is 31.6 Å². The summed E-state index contributed by atoms with van der Waals surface area (Å²) >= 11 is 0. The van der Waals surface area contributed by atoms with Gasteiger partial charge in [-0.1, -0.05) is 17.7 Å². The zero-order valence-electron chi connectivity index (χ0n) is 18.1. The zero-order chi connectivity index (χ0) is 23.5. The summed E-state index contributed by atoms with van der Waals surface area (Å²) in [4.78, 5) is 14.9. The maximum atomic E-state index is 13.0. The number of anilines is 1. The van der Waals surface area contributed by atoms with Crippen LogP contribution in [0.5, 0.6) is 0 Å². The maximum Gasteiger partial charge on any atom is 0.243 e. The maximum absolute atomic E-state index is 13.0. The second-order valence-electron chi connectivity index (χ2n) is 7.84. The van der Waals surface area contributed by atoms with Gasteiger partial charge in [0.05, 0.1) is 15.8 Å². The SMILES string of the molecule is Cc1ccc(S(=O)(=O)N2CCCN([C@@H](C)C(=O)Nc3ccc(S(N)(=O)=O)cc3)CC2)cc1. The smallest absolute Gasteiger partial charge is 0.243 e. The second-order valence-corrected chi connectivity index (χ2v) is 11.3. The topological polar surface area (TPSA) is 130 Å². The van der Waals surface area contributed by atoms with Crippen LogP contribution in [-0.2, 0) is 24.8 Å². The summed E-state index contributed by atoms with van der Waals surface area (Å²) in [6, 6.07) is 11.9. The summed E-state index contributed by atoms with van der Waals surface area (Å²) in [6.45, 7) is 5.34. The number of nitrogens with two attached hydrogens (primary N) is 1. The molecule has 0 aliphatic carbocycles. The molecule has 3 N–H and O–H groups in total. The van der Waals surface area contributed by atoms with Gasteiger partial charge >= 0.3 is 0 Å². The van der Waals surface area contributed by atoms with Crippen molar-refractivity contribution in [1.82, 2.24) is 9.21 Å². The van der Waals surface area contributed by atoms with Crippen molar-refractivity contribution in [2.45, 2.75) is 36.1 Å². The Morgan fingerprint density at radius 2 is 1.50 bits per heavy atom. The van der Waals surface area contributed by atoms with Crippen molar-refractivity contribution in [3.63, 3.8) is 0 Å². The number of sulfonamides is 2. The molecular formula is C21H28N4O5S2. The van der Waals surface area contributed by atoms with E-state index in [1.807, 2.05) is 11.8 Å². The van der Waals surface area contributed by atoms with Gasteiger partial charge in [0, 0.05) is 31.9 Å². The van der Waals surface area contributed by atoms with E-state index >= 15 is 0 Å². The number of rotatable bonds is 6. The van der Waals surface area contributed by atoms with Crippen molar-refractivity contribution in [2.75, 3.05) is 31.5 Å². The predicted octanol–water partition coefficient (Wildman–Crippen LogP) is 1.37. The first-order valence-electron chi connectivity index (χ1n) is 10.2. The Morgan fingerprint density at radius 1 is 0.906 bits per heavy atom. The summed E-state index contributed by atoms with van der Waals surface area (Å²) in [5, 5.41) is 7.85. The monoisotopic (exact) mass is 480 g/mol. The average molecular weight is 481 g/mol. The predicted molar refractivity (Wildman–Crippen MR) is 122 cm³/mol. The normalized spacial score (nSPS) is 17.5. The van der Waals surface area contributed by atoms with Gasteiger partial charge in [-0.05, 0) is 56.7 Å². The minimum absolute atomic E-state index is 0.0362. The number of carbonyl (C=O) groups is 1. The van der Waals surface area contributed by atoms with Crippen LogP contribution in [0.1, 0.15) is 18.9 Å². The third-order valence-corrected chi connectivity index (χ3v) is 8.37. The van der Waals surface area contributed by atoms with Gasteiger partial charge in [-0.3, -0.25) is 9.69 Å². The van der Waals surface area contributed by atoms with E-state index in [1.54, 1.807) is 31.2 Å². The van der Waals surface area contributed by atoms with E-state index in [4.69, 9.17) is 5.14 Å². The summed E-state index contributed by atoms with van der Waals surface area (Å²) in [5.74, 6) is -0.261. The van der Waals surface area contributed by atoms with Crippen LogP contribution in [0.25, 0.3) is 0 Å². The van der Waals surface area contributed by atoms with Gasteiger partial charge in [0.25, 0.3) is 0 Å². The van der Waals surface area contributed by atoms with E-state index in [2.05, 4.69) is 5.32 Å². The summed E-state index contributed by atoms with van der Waals surface area (Å²) in [7, 11) is -7.39. The Labute approximate surface area is 189 Å².